The van der Waals surface area contributed by atoms with E-state index in [0.717, 1.165) is 0 Å². The van der Waals surface area contributed by atoms with Crippen molar-refractivity contribution in [2.45, 2.75) is 26.4 Å². The second-order valence-electron chi connectivity index (χ2n) is 4.41. The summed E-state index contributed by atoms with van der Waals surface area (Å²) in [5.41, 5.74) is 6.29. The molecule has 0 saturated carbocycles. The van der Waals surface area contributed by atoms with Crippen LogP contribution in [0.5, 0.6) is 0 Å². The summed E-state index contributed by atoms with van der Waals surface area (Å²) < 4.78 is 5.33. The lowest BCUT2D eigenvalue weighted by Crippen LogP contribution is -2.27. The van der Waals surface area contributed by atoms with Gasteiger partial charge >= 0.3 is 0 Å². The summed E-state index contributed by atoms with van der Waals surface area (Å²) in [6.45, 7) is 5.68. The van der Waals surface area contributed by atoms with Crippen LogP contribution in [0.25, 0.3) is 0 Å². The topological polar surface area (TPSA) is 77.2 Å². The Hall–Kier alpha value is -1.62. The average molecular weight is 223 g/mol. The van der Waals surface area contributed by atoms with Crippen molar-refractivity contribution in [2.75, 3.05) is 17.7 Å². The maximum absolute atomic E-state index is 11.5. The molecule has 0 spiro atoms. The lowest BCUT2D eigenvalue weighted by atomic mass is 10.2. The number of carbonyl (C=O) groups excluding carboxylic acids is 1. The van der Waals surface area contributed by atoms with Crippen LogP contribution in [-0.4, -0.2) is 23.1 Å². The van der Waals surface area contributed by atoms with Crippen molar-refractivity contribution in [1.82, 2.24) is 4.98 Å². The highest BCUT2D eigenvalue weighted by Gasteiger charge is 2.13. The zero-order valence-corrected chi connectivity index (χ0v) is 9.78. The summed E-state index contributed by atoms with van der Waals surface area (Å²) in [5, 5.41) is 2.65. The fourth-order valence-electron chi connectivity index (χ4n) is 0.989. The summed E-state index contributed by atoms with van der Waals surface area (Å²) in [7, 11) is 0. The van der Waals surface area contributed by atoms with Gasteiger partial charge in [-0.05, 0) is 26.8 Å². The Morgan fingerprint density at radius 3 is 2.81 bits per heavy atom. The number of hydrogen-bond donors (Lipinski definition) is 2. The van der Waals surface area contributed by atoms with Gasteiger partial charge in [0.25, 0.3) is 0 Å². The number of nitrogens with two attached hydrogens (primary N) is 1. The van der Waals surface area contributed by atoms with Gasteiger partial charge in [0.05, 0.1) is 23.2 Å². The normalized spacial score (nSPS) is 11.2. The monoisotopic (exact) mass is 223 g/mol. The van der Waals surface area contributed by atoms with Crippen molar-refractivity contribution in [3.05, 3.63) is 18.5 Å². The first-order valence-electron chi connectivity index (χ1n) is 5.02. The molecule has 88 valence electrons. The Labute approximate surface area is 95.0 Å². The number of anilines is 2. The molecule has 0 unspecified atom stereocenters. The van der Waals surface area contributed by atoms with Crippen LogP contribution < -0.4 is 11.1 Å². The molecule has 0 aliphatic rings. The van der Waals surface area contributed by atoms with Gasteiger partial charge in [0, 0.05) is 6.20 Å². The van der Waals surface area contributed by atoms with Gasteiger partial charge in [0.15, 0.2) is 0 Å². The highest BCUT2D eigenvalue weighted by Crippen LogP contribution is 2.15. The zero-order chi connectivity index (χ0) is 12.2. The molecule has 1 aromatic heterocycles. The third-order valence-corrected chi connectivity index (χ3v) is 1.76. The number of pyridine rings is 1. The molecular formula is C11H17N3O2. The molecule has 1 aromatic rings. The van der Waals surface area contributed by atoms with Crippen molar-refractivity contribution in [1.29, 1.82) is 0 Å². The van der Waals surface area contributed by atoms with Crippen molar-refractivity contribution in [3.8, 4) is 0 Å². The highest BCUT2D eigenvalue weighted by atomic mass is 16.5. The van der Waals surface area contributed by atoms with Gasteiger partial charge in [-0.1, -0.05) is 0 Å². The number of nitrogen functional groups attached to an aromatic ring is 1. The second-order valence-corrected chi connectivity index (χ2v) is 4.41. The van der Waals surface area contributed by atoms with E-state index in [1.165, 1.54) is 6.20 Å². The molecule has 0 radical (unpaired) electrons. The first kappa shape index (κ1) is 12.4. The summed E-state index contributed by atoms with van der Waals surface area (Å²) in [6, 6.07) is 1.64. The Morgan fingerprint density at radius 2 is 2.25 bits per heavy atom. The van der Waals surface area contributed by atoms with E-state index in [1.54, 1.807) is 12.3 Å². The van der Waals surface area contributed by atoms with Crippen molar-refractivity contribution < 1.29 is 9.53 Å². The Morgan fingerprint density at radius 1 is 1.56 bits per heavy atom. The quantitative estimate of drug-likeness (QED) is 0.812. The van der Waals surface area contributed by atoms with Gasteiger partial charge in [0.1, 0.15) is 6.61 Å². The summed E-state index contributed by atoms with van der Waals surface area (Å²) in [4.78, 5) is 15.3. The largest absolute Gasteiger partial charge is 0.396 e. The van der Waals surface area contributed by atoms with E-state index >= 15 is 0 Å². The molecule has 1 amide bonds. The third-order valence-electron chi connectivity index (χ3n) is 1.76. The lowest BCUT2D eigenvalue weighted by Gasteiger charge is -2.19. The molecular weight excluding hydrogens is 206 g/mol. The molecule has 16 heavy (non-hydrogen) atoms. The average Bonchev–Trinajstić information content (AvgIpc) is 2.18. The number of carbonyl (C=O) groups is 1. The molecule has 1 rings (SSSR count). The maximum Gasteiger partial charge on any atom is 0.250 e. The van der Waals surface area contributed by atoms with Crippen LogP contribution in [0, 0.1) is 0 Å². The number of amides is 1. The fourth-order valence-corrected chi connectivity index (χ4v) is 0.989. The molecule has 3 N–H and O–H groups in total. The SMILES string of the molecule is CC(C)(C)OCC(=O)Nc1ccncc1N. The Balaban J connectivity index is 2.50. The van der Waals surface area contributed by atoms with Crippen LogP contribution in [0.15, 0.2) is 18.5 Å². The predicted octanol–water partition coefficient (Wildman–Crippen LogP) is 1.42. The molecule has 1 heterocycles. The standard InChI is InChI=1S/C11H17N3O2/c1-11(2,3)16-7-10(15)14-9-4-5-13-6-8(9)12/h4-6H,7,12H2,1-3H3,(H,13,14,15). The zero-order valence-electron chi connectivity index (χ0n) is 9.78. The molecule has 0 aromatic carbocycles. The van der Waals surface area contributed by atoms with E-state index in [-0.39, 0.29) is 18.1 Å². The molecule has 0 bridgehead atoms. The molecule has 5 nitrogen and oxygen atoms in total. The minimum Gasteiger partial charge on any atom is -0.396 e. The van der Waals surface area contributed by atoms with E-state index in [4.69, 9.17) is 10.5 Å². The van der Waals surface area contributed by atoms with E-state index in [9.17, 15) is 4.79 Å². The van der Waals surface area contributed by atoms with Gasteiger partial charge in [0.2, 0.25) is 5.91 Å². The Kier molecular flexibility index (Phi) is 3.84. The van der Waals surface area contributed by atoms with E-state index < -0.39 is 0 Å². The molecule has 0 aliphatic carbocycles. The second kappa shape index (κ2) is 4.94. The van der Waals surface area contributed by atoms with Crippen molar-refractivity contribution in [3.63, 3.8) is 0 Å². The maximum atomic E-state index is 11.5. The van der Waals surface area contributed by atoms with Gasteiger partial charge in [-0.15, -0.1) is 0 Å². The van der Waals surface area contributed by atoms with Gasteiger partial charge in [-0.3, -0.25) is 9.78 Å². The van der Waals surface area contributed by atoms with Gasteiger partial charge in [-0.25, -0.2) is 0 Å². The summed E-state index contributed by atoms with van der Waals surface area (Å²) in [6.07, 6.45) is 3.05. The fraction of sp³-hybridized carbons (Fsp3) is 0.455. The number of hydrogen-bond acceptors (Lipinski definition) is 4. The first-order chi connectivity index (χ1) is 7.38. The van der Waals surface area contributed by atoms with E-state index in [0.29, 0.717) is 11.4 Å². The lowest BCUT2D eigenvalue weighted by molar-refractivity contribution is -0.125. The minimum absolute atomic E-state index is 0.00522. The number of rotatable bonds is 3. The third kappa shape index (κ3) is 4.27. The van der Waals surface area contributed by atoms with Crippen molar-refractivity contribution in [2.24, 2.45) is 0 Å². The van der Waals surface area contributed by atoms with Gasteiger partial charge in [-0.2, -0.15) is 0 Å². The molecule has 0 saturated heterocycles. The van der Waals surface area contributed by atoms with Crippen LogP contribution in [-0.2, 0) is 9.53 Å². The first-order valence-corrected chi connectivity index (χ1v) is 5.02. The molecule has 0 atom stereocenters. The van der Waals surface area contributed by atoms with Gasteiger partial charge < -0.3 is 15.8 Å². The van der Waals surface area contributed by atoms with Crippen LogP contribution in [0.2, 0.25) is 0 Å². The van der Waals surface area contributed by atoms with Crippen LogP contribution in [0.3, 0.4) is 0 Å². The van der Waals surface area contributed by atoms with E-state index in [2.05, 4.69) is 10.3 Å². The van der Waals surface area contributed by atoms with Crippen LogP contribution in [0.1, 0.15) is 20.8 Å². The number of nitrogens with one attached hydrogen (secondary N) is 1. The Bertz CT molecular complexity index is 372. The number of ether oxygens (including phenoxy) is 1. The summed E-state index contributed by atoms with van der Waals surface area (Å²) in [5.74, 6) is -0.229. The molecule has 0 aliphatic heterocycles. The summed E-state index contributed by atoms with van der Waals surface area (Å²) >= 11 is 0. The van der Waals surface area contributed by atoms with Crippen molar-refractivity contribution >= 4 is 17.3 Å². The van der Waals surface area contributed by atoms with Crippen LogP contribution in [0.4, 0.5) is 11.4 Å². The minimum atomic E-state index is -0.332. The highest BCUT2D eigenvalue weighted by molar-refractivity contribution is 5.94. The number of aromatic nitrogens is 1. The molecule has 5 heteroatoms. The molecule has 0 fully saturated rings. The van der Waals surface area contributed by atoms with E-state index in [1.807, 2.05) is 20.8 Å². The predicted molar refractivity (Wildman–Crippen MR) is 63.0 cm³/mol. The smallest absolute Gasteiger partial charge is 0.250 e. The van der Waals surface area contributed by atoms with Crippen LogP contribution >= 0.6 is 0 Å². The number of nitrogens with zero attached hydrogens (tertiary/aromatic N) is 1.